The molecule has 1 heterocycles. The summed E-state index contributed by atoms with van der Waals surface area (Å²) in [6, 6.07) is 0.272. The summed E-state index contributed by atoms with van der Waals surface area (Å²) < 4.78 is 1.88. The number of likely N-dealkylation sites (N-methyl/N-ethyl adjacent to an activating group) is 1. The third-order valence-electron chi connectivity index (χ3n) is 3.42. The van der Waals surface area contributed by atoms with Crippen molar-refractivity contribution in [3.05, 3.63) is 17.5 Å². The maximum Gasteiger partial charge on any atom is 0.0641 e. The molecule has 0 saturated carbocycles. The first-order valence-electron chi connectivity index (χ1n) is 7.08. The van der Waals surface area contributed by atoms with Gasteiger partial charge in [0, 0.05) is 38.4 Å². The van der Waals surface area contributed by atoms with Crippen molar-refractivity contribution in [2.45, 2.75) is 26.3 Å². The number of hydrogen-bond acceptors (Lipinski definition) is 4. The Morgan fingerprint density at radius 2 is 2.00 bits per heavy atom. The van der Waals surface area contributed by atoms with Gasteiger partial charge in [0.25, 0.3) is 0 Å². The van der Waals surface area contributed by atoms with Gasteiger partial charge in [0.1, 0.15) is 0 Å². The van der Waals surface area contributed by atoms with Gasteiger partial charge >= 0.3 is 0 Å². The lowest BCUT2D eigenvalue weighted by Gasteiger charge is -2.31. The van der Waals surface area contributed by atoms with Gasteiger partial charge < -0.3 is 10.6 Å². The molecule has 1 unspecified atom stereocenters. The number of hydrogen-bond donors (Lipinski definition) is 1. The number of aromatic nitrogens is 2. The van der Waals surface area contributed by atoms with Gasteiger partial charge in [-0.05, 0) is 34.0 Å². The van der Waals surface area contributed by atoms with E-state index >= 15 is 0 Å². The molecule has 0 amide bonds. The molecule has 0 aliphatic rings. The Morgan fingerprint density at radius 3 is 2.42 bits per heavy atom. The second-order valence-electron chi connectivity index (χ2n) is 5.43. The van der Waals surface area contributed by atoms with Crippen molar-refractivity contribution in [1.82, 2.24) is 19.6 Å². The zero-order chi connectivity index (χ0) is 14.4. The van der Waals surface area contributed by atoms with Crippen molar-refractivity contribution in [3.8, 4) is 0 Å². The van der Waals surface area contributed by atoms with E-state index in [0.717, 1.165) is 31.7 Å². The van der Waals surface area contributed by atoms with Gasteiger partial charge in [0.05, 0.1) is 11.7 Å². The van der Waals surface area contributed by atoms with Crippen LogP contribution in [0.3, 0.4) is 0 Å². The summed E-state index contributed by atoms with van der Waals surface area (Å²) in [5.41, 5.74) is 8.38. The molecule has 1 rings (SSSR count). The van der Waals surface area contributed by atoms with Crippen LogP contribution in [0.15, 0.2) is 6.20 Å². The summed E-state index contributed by atoms with van der Waals surface area (Å²) in [5, 5.41) is 4.44. The molecule has 0 aliphatic carbocycles. The zero-order valence-corrected chi connectivity index (χ0v) is 13.1. The minimum atomic E-state index is 0.272. The standard InChI is InChI=1S/C14H29N5/c1-6-7-19(9-8-17(3)4)14(10-15)13-11-18(5)16-12(13)2/h11,14H,6-10,15H2,1-5H3. The van der Waals surface area contributed by atoms with Crippen LogP contribution >= 0.6 is 0 Å². The Balaban J connectivity index is 2.86. The molecule has 1 aromatic rings. The second-order valence-corrected chi connectivity index (χ2v) is 5.43. The van der Waals surface area contributed by atoms with Crippen LogP contribution in [-0.2, 0) is 7.05 Å². The van der Waals surface area contributed by atoms with Gasteiger partial charge in [0.2, 0.25) is 0 Å². The highest BCUT2D eigenvalue weighted by atomic mass is 15.3. The van der Waals surface area contributed by atoms with Crippen LogP contribution in [-0.4, -0.2) is 59.9 Å². The Bertz CT molecular complexity index is 372. The summed E-state index contributed by atoms with van der Waals surface area (Å²) in [4.78, 5) is 4.69. The minimum Gasteiger partial charge on any atom is -0.329 e. The fourth-order valence-corrected chi connectivity index (χ4v) is 2.46. The monoisotopic (exact) mass is 267 g/mol. The predicted molar refractivity (Wildman–Crippen MR) is 80.2 cm³/mol. The molecule has 0 spiro atoms. The normalized spacial score (nSPS) is 13.5. The Morgan fingerprint density at radius 1 is 1.32 bits per heavy atom. The predicted octanol–water partition coefficient (Wildman–Crippen LogP) is 1.00. The van der Waals surface area contributed by atoms with E-state index in [0.29, 0.717) is 6.54 Å². The maximum atomic E-state index is 6.03. The van der Waals surface area contributed by atoms with Gasteiger partial charge in [-0.3, -0.25) is 9.58 Å². The third-order valence-corrected chi connectivity index (χ3v) is 3.42. The number of nitrogens with zero attached hydrogens (tertiary/aromatic N) is 4. The minimum absolute atomic E-state index is 0.272. The van der Waals surface area contributed by atoms with Crippen LogP contribution in [0.1, 0.15) is 30.6 Å². The van der Waals surface area contributed by atoms with Crippen molar-refractivity contribution in [2.24, 2.45) is 12.8 Å². The molecule has 0 aliphatic heterocycles. The first kappa shape index (κ1) is 16.1. The zero-order valence-electron chi connectivity index (χ0n) is 13.1. The molecule has 0 fully saturated rings. The molecule has 5 heteroatoms. The maximum absolute atomic E-state index is 6.03. The molecule has 0 radical (unpaired) electrons. The number of nitrogens with two attached hydrogens (primary N) is 1. The van der Waals surface area contributed by atoms with E-state index in [1.165, 1.54) is 5.56 Å². The van der Waals surface area contributed by atoms with Crippen molar-refractivity contribution in [1.29, 1.82) is 0 Å². The average Bonchev–Trinajstić information content (AvgIpc) is 2.66. The Labute approximate surface area is 117 Å². The Hall–Kier alpha value is -0.910. The van der Waals surface area contributed by atoms with Crippen LogP contribution < -0.4 is 5.73 Å². The second kappa shape index (κ2) is 7.62. The smallest absolute Gasteiger partial charge is 0.0641 e. The molecule has 1 aromatic heterocycles. The van der Waals surface area contributed by atoms with Crippen LogP contribution in [0.2, 0.25) is 0 Å². The summed E-state index contributed by atoms with van der Waals surface area (Å²) in [7, 11) is 6.18. The van der Waals surface area contributed by atoms with Crippen molar-refractivity contribution in [2.75, 3.05) is 40.3 Å². The van der Waals surface area contributed by atoms with Crippen molar-refractivity contribution < 1.29 is 0 Å². The van der Waals surface area contributed by atoms with E-state index < -0.39 is 0 Å². The highest BCUT2D eigenvalue weighted by Gasteiger charge is 2.21. The molecular weight excluding hydrogens is 238 g/mol. The quantitative estimate of drug-likeness (QED) is 0.763. The first-order chi connectivity index (χ1) is 8.99. The van der Waals surface area contributed by atoms with E-state index in [2.05, 4.69) is 49.0 Å². The topological polar surface area (TPSA) is 50.3 Å². The van der Waals surface area contributed by atoms with E-state index in [-0.39, 0.29) is 6.04 Å². The SMILES string of the molecule is CCCN(CCN(C)C)C(CN)c1cn(C)nc1C. The molecule has 5 nitrogen and oxygen atoms in total. The van der Waals surface area contributed by atoms with E-state index in [1.54, 1.807) is 0 Å². The highest BCUT2D eigenvalue weighted by Crippen LogP contribution is 2.22. The van der Waals surface area contributed by atoms with E-state index in [9.17, 15) is 0 Å². The third kappa shape index (κ3) is 4.60. The summed E-state index contributed by atoms with van der Waals surface area (Å²) in [6.07, 6.45) is 3.24. The molecule has 2 N–H and O–H groups in total. The van der Waals surface area contributed by atoms with Crippen LogP contribution in [0.5, 0.6) is 0 Å². The molecular formula is C14H29N5. The largest absolute Gasteiger partial charge is 0.329 e. The van der Waals surface area contributed by atoms with E-state index in [4.69, 9.17) is 5.73 Å². The van der Waals surface area contributed by atoms with Crippen LogP contribution in [0.25, 0.3) is 0 Å². The molecule has 1 atom stereocenters. The lowest BCUT2D eigenvalue weighted by atomic mass is 10.1. The van der Waals surface area contributed by atoms with Gasteiger partial charge in [0.15, 0.2) is 0 Å². The lowest BCUT2D eigenvalue weighted by Crippen LogP contribution is -2.38. The highest BCUT2D eigenvalue weighted by molar-refractivity contribution is 5.20. The van der Waals surface area contributed by atoms with Crippen LogP contribution in [0, 0.1) is 6.92 Å². The van der Waals surface area contributed by atoms with Gasteiger partial charge in [-0.2, -0.15) is 5.10 Å². The number of aryl methyl sites for hydroxylation is 2. The summed E-state index contributed by atoms with van der Waals surface area (Å²) in [6.45, 7) is 8.08. The Kier molecular flexibility index (Phi) is 6.48. The average molecular weight is 267 g/mol. The molecule has 0 aromatic carbocycles. The van der Waals surface area contributed by atoms with Gasteiger partial charge in [-0.1, -0.05) is 6.92 Å². The number of rotatable bonds is 8. The molecule has 0 saturated heterocycles. The summed E-state index contributed by atoms with van der Waals surface area (Å²) >= 11 is 0. The van der Waals surface area contributed by atoms with Gasteiger partial charge in [-0.15, -0.1) is 0 Å². The van der Waals surface area contributed by atoms with Crippen LogP contribution in [0.4, 0.5) is 0 Å². The molecule has 110 valence electrons. The molecule has 19 heavy (non-hydrogen) atoms. The first-order valence-corrected chi connectivity index (χ1v) is 7.08. The van der Waals surface area contributed by atoms with Gasteiger partial charge in [-0.25, -0.2) is 0 Å². The summed E-state index contributed by atoms with van der Waals surface area (Å²) in [5.74, 6) is 0. The fourth-order valence-electron chi connectivity index (χ4n) is 2.46. The van der Waals surface area contributed by atoms with E-state index in [1.807, 2.05) is 11.7 Å². The molecule has 0 bridgehead atoms. The van der Waals surface area contributed by atoms with Crippen molar-refractivity contribution >= 4 is 0 Å². The van der Waals surface area contributed by atoms with Crippen molar-refractivity contribution in [3.63, 3.8) is 0 Å². The fraction of sp³-hybridized carbons (Fsp3) is 0.786. The lowest BCUT2D eigenvalue weighted by molar-refractivity contribution is 0.182.